The first-order valence-corrected chi connectivity index (χ1v) is 7.64. The zero-order chi connectivity index (χ0) is 15.0. The summed E-state index contributed by atoms with van der Waals surface area (Å²) in [5, 5.41) is 21.0. The smallest absolute Gasteiger partial charge is 0.283 e. The van der Waals surface area contributed by atoms with E-state index in [4.69, 9.17) is 0 Å². The van der Waals surface area contributed by atoms with Crippen molar-refractivity contribution in [3.8, 4) is 0 Å². The molecule has 1 N–H and O–H groups in total. The molecule has 0 aliphatic heterocycles. The number of aliphatic hydroxyl groups excluding tert-OH is 1. The van der Waals surface area contributed by atoms with E-state index in [-0.39, 0.29) is 11.8 Å². The summed E-state index contributed by atoms with van der Waals surface area (Å²) in [5.74, 6) is 0. The zero-order valence-corrected chi connectivity index (χ0v) is 12.9. The Morgan fingerprint density at radius 3 is 2.95 bits per heavy atom. The summed E-state index contributed by atoms with van der Waals surface area (Å²) in [5.41, 5.74) is 3.09. The van der Waals surface area contributed by atoms with Crippen molar-refractivity contribution >= 4 is 21.6 Å². The van der Waals surface area contributed by atoms with Gasteiger partial charge in [0.1, 0.15) is 4.47 Å². The highest BCUT2D eigenvalue weighted by atomic mass is 79.9. The molecule has 1 aliphatic carbocycles. The van der Waals surface area contributed by atoms with E-state index in [0.717, 1.165) is 30.4 Å². The van der Waals surface area contributed by atoms with Gasteiger partial charge in [-0.05, 0) is 46.3 Å². The Balaban J connectivity index is 1.91. The molecule has 0 bridgehead atoms. The van der Waals surface area contributed by atoms with Gasteiger partial charge in [0.2, 0.25) is 0 Å². The third-order valence-corrected chi connectivity index (χ3v) is 4.80. The van der Waals surface area contributed by atoms with Crippen LogP contribution in [0.2, 0.25) is 0 Å². The monoisotopic (exact) mass is 350 g/mol. The van der Waals surface area contributed by atoms with Gasteiger partial charge in [-0.15, -0.1) is 0 Å². The molecule has 1 aromatic carbocycles. The normalized spacial score (nSPS) is 17.5. The van der Waals surface area contributed by atoms with Gasteiger partial charge in [-0.25, -0.2) is 0 Å². The van der Waals surface area contributed by atoms with Crippen LogP contribution in [0.5, 0.6) is 0 Å². The number of halogens is 1. The molecular formula is C15H15BrN2O3. The van der Waals surface area contributed by atoms with Crippen LogP contribution in [0.4, 0.5) is 5.69 Å². The van der Waals surface area contributed by atoms with E-state index in [2.05, 4.69) is 15.9 Å². The second kappa shape index (κ2) is 5.61. The van der Waals surface area contributed by atoms with Gasteiger partial charge in [-0.1, -0.05) is 12.1 Å². The average Bonchev–Trinajstić information content (AvgIpc) is 2.85. The van der Waals surface area contributed by atoms with E-state index >= 15 is 0 Å². The number of rotatable bonds is 3. The number of nitro benzene ring substituents is 1. The SMILES string of the molecule is O=[N+]([O-])c1cccc(Cn2cc3c(c2)C(O)CCC3)c1Br. The minimum absolute atomic E-state index is 0.0736. The summed E-state index contributed by atoms with van der Waals surface area (Å²) >= 11 is 3.32. The van der Waals surface area contributed by atoms with Crippen LogP contribution in [0, 0.1) is 10.1 Å². The Labute approximate surface area is 130 Å². The van der Waals surface area contributed by atoms with Crippen molar-refractivity contribution in [2.75, 3.05) is 0 Å². The summed E-state index contributed by atoms with van der Waals surface area (Å²) in [4.78, 5) is 10.6. The highest BCUT2D eigenvalue weighted by molar-refractivity contribution is 9.10. The van der Waals surface area contributed by atoms with Gasteiger partial charge < -0.3 is 9.67 Å². The lowest BCUT2D eigenvalue weighted by Gasteiger charge is -2.16. The fraction of sp³-hybridized carbons (Fsp3) is 0.333. The number of hydrogen-bond donors (Lipinski definition) is 1. The molecule has 1 aromatic heterocycles. The van der Waals surface area contributed by atoms with E-state index in [0.29, 0.717) is 11.0 Å². The molecule has 0 amide bonds. The van der Waals surface area contributed by atoms with Crippen molar-refractivity contribution in [1.29, 1.82) is 0 Å². The van der Waals surface area contributed by atoms with Gasteiger partial charge >= 0.3 is 0 Å². The molecule has 3 rings (SSSR count). The van der Waals surface area contributed by atoms with Gasteiger partial charge in [0.15, 0.2) is 0 Å². The Hall–Kier alpha value is -1.66. The van der Waals surface area contributed by atoms with Gasteiger partial charge in [-0.2, -0.15) is 0 Å². The predicted molar refractivity (Wildman–Crippen MR) is 82.2 cm³/mol. The molecular weight excluding hydrogens is 336 g/mol. The molecule has 1 unspecified atom stereocenters. The lowest BCUT2D eigenvalue weighted by molar-refractivity contribution is -0.385. The molecule has 0 spiro atoms. The number of fused-ring (bicyclic) bond motifs is 1. The molecule has 21 heavy (non-hydrogen) atoms. The first-order valence-electron chi connectivity index (χ1n) is 6.84. The second-order valence-electron chi connectivity index (χ2n) is 5.33. The standard InChI is InChI=1S/C15H15BrN2O3/c16-15-11(4-1-5-13(15)18(20)21)8-17-7-10-3-2-6-14(19)12(10)9-17/h1,4-5,7,9,14,19H,2-3,6,8H2. The minimum Gasteiger partial charge on any atom is -0.388 e. The van der Waals surface area contributed by atoms with Crippen molar-refractivity contribution < 1.29 is 10.0 Å². The molecule has 0 radical (unpaired) electrons. The summed E-state index contributed by atoms with van der Waals surface area (Å²) in [6, 6.07) is 5.04. The van der Waals surface area contributed by atoms with Crippen LogP contribution in [0.1, 0.15) is 35.6 Å². The topological polar surface area (TPSA) is 68.3 Å². The molecule has 1 heterocycles. The highest BCUT2D eigenvalue weighted by Gasteiger charge is 2.21. The molecule has 0 saturated carbocycles. The van der Waals surface area contributed by atoms with Crippen molar-refractivity contribution in [3.05, 3.63) is 61.9 Å². The molecule has 2 aromatic rings. The van der Waals surface area contributed by atoms with Crippen LogP contribution in [0.25, 0.3) is 0 Å². The zero-order valence-electron chi connectivity index (χ0n) is 11.3. The van der Waals surface area contributed by atoms with Crippen LogP contribution in [-0.4, -0.2) is 14.6 Å². The maximum atomic E-state index is 11.0. The molecule has 1 aliphatic rings. The summed E-state index contributed by atoms with van der Waals surface area (Å²) in [7, 11) is 0. The lowest BCUT2D eigenvalue weighted by atomic mass is 9.93. The molecule has 0 fully saturated rings. The highest BCUT2D eigenvalue weighted by Crippen LogP contribution is 2.32. The van der Waals surface area contributed by atoms with Gasteiger partial charge in [0.25, 0.3) is 5.69 Å². The van der Waals surface area contributed by atoms with Crippen LogP contribution in [0.15, 0.2) is 35.1 Å². The van der Waals surface area contributed by atoms with Crippen molar-refractivity contribution in [3.63, 3.8) is 0 Å². The molecule has 0 saturated heterocycles. The Morgan fingerprint density at radius 2 is 2.24 bits per heavy atom. The third-order valence-electron chi connectivity index (χ3n) is 3.89. The number of nitrogens with zero attached hydrogens (tertiary/aromatic N) is 2. The minimum atomic E-state index is -0.391. The number of aromatic nitrogens is 1. The fourth-order valence-electron chi connectivity index (χ4n) is 2.84. The quantitative estimate of drug-likeness (QED) is 0.679. The average molecular weight is 351 g/mol. The van der Waals surface area contributed by atoms with Crippen LogP contribution < -0.4 is 0 Å². The summed E-state index contributed by atoms with van der Waals surface area (Å²) in [6.07, 6.45) is 6.38. The van der Waals surface area contributed by atoms with Crippen molar-refractivity contribution in [2.24, 2.45) is 0 Å². The number of hydrogen-bond acceptors (Lipinski definition) is 3. The number of nitro groups is 1. The number of aliphatic hydroxyl groups is 1. The first kappa shape index (κ1) is 14.3. The fourth-order valence-corrected chi connectivity index (χ4v) is 3.38. The predicted octanol–water partition coefficient (Wildman–Crippen LogP) is 3.58. The van der Waals surface area contributed by atoms with Gasteiger partial charge in [0, 0.05) is 30.6 Å². The largest absolute Gasteiger partial charge is 0.388 e. The third kappa shape index (κ3) is 2.73. The summed E-state index contributed by atoms with van der Waals surface area (Å²) in [6.45, 7) is 0.544. The lowest BCUT2D eigenvalue weighted by Crippen LogP contribution is -2.05. The van der Waals surface area contributed by atoms with Crippen molar-refractivity contribution in [1.82, 2.24) is 4.57 Å². The van der Waals surface area contributed by atoms with Crippen LogP contribution in [0.3, 0.4) is 0 Å². The summed E-state index contributed by atoms with van der Waals surface area (Å²) < 4.78 is 2.51. The van der Waals surface area contributed by atoms with E-state index in [1.54, 1.807) is 6.07 Å². The second-order valence-corrected chi connectivity index (χ2v) is 6.12. The van der Waals surface area contributed by atoms with E-state index in [9.17, 15) is 15.2 Å². The number of benzene rings is 1. The molecule has 110 valence electrons. The molecule has 5 nitrogen and oxygen atoms in total. The molecule has 6 heteroatoms. The van der Waals surface area contributed by atoms with Gasteiger partial charge in [0.05, 0.1) is 11.0 Å². The van der Waals surface area contributed by atoms with E-state index in [1.165, 1.54) is 11.6 Å². The maximum Gasteiger partial charge on any atom is 0.283 e. The Bertz CT molecular complexity index is 696. The Morgan fingerprint density at radius 1 is 1.43 bits per heavy atom. The number of aryl methyl sites for hydroxylation is 1. The van der Waals surface area contributed by atoms with Crippen LogP contribution >= 0.6 is 15.9 Å². The van der Waals surface area contributed by atoms with E-state index in [1.807, 2.05) is 23.0 Å². The Kier molecular flexibility index (Phi) is 3.82. The maximum absolute atomic E-state index is 11.0. The van der Waals surface area contributed by atoms with Crippen molar-refractivity contribution in [2.45, 2.75) is 31.9 Å². The molecule has 1 atom stereocenters. The van der Waals surface area contributed by atoms with E-state index < -0.39 is 4.92 Å². The van der Waals surface area contributed by atoms with Crippen LogP contribution in [-0.2, 0) is 13.0 Å². The first-order chi connectivity index (χ1) is 10.1. The van der Waals surface area contributed by atoms with Gasteiger partial charge in [-0.3, -0.25) is 10.1 Å².